The summed E-state index contributed by atoms with van der Waals surface area (Å²) >= 11 is 0. The van der Waals surface area contributed by atoms with Crippen molar-refractivity contribution in [3.05, 3.63) is 59.9 Å². The summed E-state index contributed by atoms with van der Waals surface area (Å²) in [6, 6.07) is 12.9. The molecule has 0 saturated carbocycles. The Bertz CT molecular complexity index is 573. The summed E-state index contributed by atoms with van der Waals surface area (Å²) in [5.41, 5.74) is 0.421. The molecule has 18 heavy (non-hydrogen) atoms. The van der Waals surface area contributed by atoms with Gasteiger partial charge in [0.15, 0.2) is 11.6 Å². The molecule has 2 aromatic rings. The van der Waals surface area contributed by atoms with E-state index in [-0.39, 0.29) is 5.75 Å². The first-order valence-electron chi connectivity index (χ1n) is 5.37. The largest absolute Gasteiger partial charge is 0.454 e. The predicted octanol–water partition coefficient (Wildman–Crippen LogP) is 3.28. The van der Waals surface area contributed by atoms with Crippen LogP contribution in [-0.4, -0.2) is 5.11 Å². The highest BCUT2D eigenvalue weighted by Gasteiger charge is 2.10. The van der Waals surface area contributed by atoms with Crippen molar-refractivity contribution in [3.8, 4) is 23.8 Å². The molecule has 1 N–H and O–H groups in total. The minimum absolute atomic E-state index is 0.0352. The van der Waals surface area contributed by atoms with Crippen LogP contribution in [0.2, 0.25) is 0 Å². The van der Waals surface area contributed by atoms with Crippen LogP contribution in [0.5, 0.6) is 11.5 Å². The second kappa shape index (κ2) is 5.35. The van der Waals surface area contributed by atoms with Crippen molar-refractivity contribution in [2.24, 2.45) is 0 Å². The van der Waals surface area contributed by atoms with Crippen LogP contribution in [0.25, 0.3) is 0 Å². The monoisotopic (exact) mass is 242 g/mol. The van der Waals surface area contributed by atoms with Crippen LogP contribution in [0.4, 0.5) is 4.39 Å². The summed E-state index contributed by atoms with van der Waals surface area (Å²) in [6.07, 6.45) is 4.04. The Morgan fingerprint density at radius 3 is 2.56 bits per heavy atom. The molecule has 0 aromatic heterocycles. The fraction of sp³-hybridized carbons (Fsp3) is 0.0667. The van der Waals surface area contributed by atoms with E-state index in [2.05, 4.69) is 5.92 Å². The van der Waals surface area contributed by atoms with Crippen LogP contribution in [0, 0.1) is 18.2 Å². The molecule has 1 unspecified atom stereocenters. The third kappa shape index (κ3) is 2.68. The van der Waals surface area contributed by atoms with Gasteiger partial charge >= 0.3 is 0 Å². The lowest BCUT2D eigenvalue weighted by atomic mass is 10.1. The van der Waals surface area contributed by atoms with Gasteiger partial charge < -0.3 is 9.84 Å². The lowest BCUT2D eigenvalue weighted by Crippen LogP contribution is -1.96. The molecule has 0 fully saturated rings. The average molecular weight is 242 g/mol. The molecule has 0 saturated heterocycles. The van der Waals surface area contributed by atoms with Crippen LogP contribution in [0.15, 0.2) is 48.5 Å². The number of hydrogen-bond donors (Lipinski definition) is 1. The number of ether oxygens (including phenoxy) is 1. The van der Waals surface area contributed by atoms with Crippen LogP contribution in [0.3, 0.4) is 0 Å². The zero-order chi connectivity index (χ0) is 13.0. The van der Waals surface area contributed by atoms with E-state index in [1.165, 1.54) is 18.2 Å². The summed E-state index contributed by atoms with van der Waals surface area (Å²) in [6.45, 7) is 0. The molecule has 2 rings (SSSR count). The maximum absolute atomic E-state index is 13.6. The summed E-state index contributed by atoms with van der Waals surface area (Å²) in [7, 11) is 0. The van der Waals surface area contributed by atoms with Gasteiger partial charge in [0, 0.05) is 0 Å². The Kier molecular flexibility index (Phi) is 3.61. The molecule has 0 bridgehead atoms. The SMILES string of the molecule is C#CC(O)c1ccc(F)c(Oc2ccccc2)c1. The number of halogens is 1. The van der Waals surface area contributed by atoms with E-state index in [9.17, 15) is 9.50 Å². The molecule has 90 valence electrons. The maximum atomic E-state index is 13.6. The van der Waals surface area contributed by atoms with E-state index >= 15 is 0 Å². The van der Waals surface area contributed by atoms with Crippen molar-refractivity contribution in [2.75, 3.05) is 0 Å². The van der Waals surface area contributed by atoms with Crippen molar-refractivity contribution in [1.29, 1.82) is 0 Å². The zero-order valence-electron chi connectivity index (χ0n) is 9.51. The second-order valence-corrected chi connectivity index (χ2v) is 3.67. The van der Waals surface area contributed by atoms with Gasteiger partial charge in [-0.3, -0.25) is 0 Å². The van der Waals surface area contributed by atoms with Gasteiger partial charge in [0.25, 0.3) is 0 Å². The van der Waals surface area contributed by atoms with Crippen LogP contribution >= 0.6 is 0 Å². The van der Waals surface area contributed by atoms with E-state index < -0.39 is 11.9 Å². The van der Waals surface area contributed by atoms with Gasteiger partial charge in [0.2, 0.25) is 0 Å². The summed E-state index contributed by atoms with van der Waals surface area (Å²) in [4.78, 5) is 0. The minimum Gasteiger partial charge on any atom is -0.454 e. The lowest BCUT2D eigenvalue weighted by molar-refractivity contribution is 0.238. The fourth-order valence-electron chi connectivity index (χ4n) is 1.48. The van der Waals surface area contributed by atoms with Crippen molar-refractivity contribution in [1.82, 2.24) is 0 Å². The summed E-state index contributed by atoms with van der Waals surface area (Å²) < 4.78 is 19.0. The van der Waals surface area contributed by atoms with Crippen molar-refractivity contribution in [2.45, 2.75) is 6.10 Å². The average Bonchev–Trinajstić information content (AvgIpc) is 2.41. The first-order chi connectivity index (χ1) is 8.70. The summed E-state index contributed by atoms with van der Waals surface area (Å²) in [5, 5.41) is 9.50. The number of benzene rings is 2. The Balaban J connectivity index is 2.30. The van der Waals surface area contributed by atoms with Crippen LogP contribution in [-0.2, 0) is 0 Å². The first kappa shape index (κ1) is 12.2. The Morgan fingerprint density at radius 1 is 1.17 bits per heavy atom. The van der Waals surface area contributed by atoms with Gasteiger partial charge in [-0.1, -0.05) is 30.2 Å². The van der Waals surface area contributed by atoms with E-state index in [0.717, 1.165) is 0 Å². The molecule has 0 aliphatic heterocycles. The molecule has 3 heteroatoms. The molecule has 0 radical (unpaired) electrons. The van der Waals surface area contributed by atoms with Crippen LogP contribution in [0.1, 0.15) is 11.7 Å². The molecule has 0 spiro atoms. The Morgan fingerprint density at radius 2 is 1.89 bits per heavy atom. The van der Waals surface area contributed by atoms with Crippen molar-refractivity contribution in [3.63, 3.8) is 0 Å². The van der Waals surface area contributed by atoms with Gasteiger partial charge in [-0.25, -0.2) is 4.39 Å². The molecule has 1 atom stereocenters. The topological polar surface area (TPSA) is 29.5 Å². The number of aliphatic hydroxyl groups is 1. The highest BCUT2D eigenvalue weighted by atomic mass is 19.1. The zero-order valence-corrected chi connectivity index (χ0v) is 9.51. The Hall–Kier alpha value is -2.31. The summed E-state index contributed by atoms with van der Waals surface area (Å²) in [5.74, 6) is 2.21. The maximum Gasteiger partial charge on any atom is 0.165 e. The molecule has 0 aliphatic carbocycles. The second-order valence-electron chi connectivity index (χ2n) is 3.67. The van der Waals surface area contributed by atoms with Gasteiger partial charge in [-0.15, -0.1) is 6.42 Å². The van der Waals surface area contributed by atoms with Gasteiger partial charge in [-0.2, -0.15) is 0 Å². The van der Waals surface area contributed by atoms with Crippen molar-refractivity contribution < 1.29 is 14.2 Å². The molecule has 0 amide bonds. The normalized spacial score (nSPS) is 11.6. The quantitative estimate of drug-likeness (QED) is 0.837. The van der Waals surface area contributed by atoms with Crippen molar-refractivity contribution >= 4 is 0 Å². The molecular weight excluding hydrogens is 231 g/mol. The smallest absolute Gasteiger partial charge is 0.165 e. The van der Waals surface area contributed by atoms with Gasteiger partial charge in [0.1, 0.15) is 11.9 Å². The number of aliphatic hydroxyl groups excluding tert-OH is 1. The van der Waals surface area contributed by atoms with Gasteiger partial charge in [-0.05, 0) is 29.8 Å². The van der Waals surface area contributed by atoms with E-state index in [4.69, 9.17) is 11.2 Å². The first-order valence-corrected chi connectivity index (χ1v) is 5.37. The highest BCUT2D eigenvalue weighted by molar-refractivity contribution is 5.37. The number of hydrogen-bond acceptors (Lipinski definition) is 2. The van der Waals surface area contributed by atoms with Gasteiger partial charge in [0.05, 0.1) is 0 Å². The van der Waals surface area contributed by atoms with E-state index in [0.29, 0.717) is 11.3 Å². The standard InChI is InChI=1S/C15H11FO2/c1-2-14(17)11-8-9-13(16)15(10-11)18-12-6-4-3-5-7-12/h1,3-10,14,17H. The third-order valence-electron chi connectivity index (χ3n) is 2.40. The fourth-order valence-corrected chi connectivity index (χ4v) is 1.48. The molecule has 2 aromatic carbocycles. The molecule has 0 aliphatic rings. The van der Waals surface area contributed by atoms with E-state index in [1.54, 1.807) is 24.3 Å². The predicted molar refractivity (Wildman–Crippen MR) is 66.7 cm³/mol. The van der Waals surface area contributed by atoms with Crippen LogP contribution < -0.4 is 4.74 Å². The molecule has 0 heterocycles. The number of rotatable bonds is 3. The number of para-hydroxylation sites is 1. The minimum atomic E-state index is -1.07. The molecule has 2 nitrogen and oxygen atoms in total. The number of terminal acetylenes is 1. The highest BCUT2D eigenvalue weighted by Crippen LogP contribution is 2.27. The third-order valence-corrected chi connectivity index (χ3v) is 2.40. The Labute approximate surface area is 105 Å². The van der Waals surface area contributed by atoms with E-state index in [1.807, 2.05) is 6.07 Å². The molecular formula is C15H11FO2. The lowest BCUT2D eigenvalue weighted by Gasteiger charge is -2.09.